The van der Waals surface area contributed by atoms with Crippen LogP contribution in [0.5, 0.6) is 0 Å². The summed E-state index contributed by atoms with van der Waals surface area (Å²) in [6.45, 7) is 5.05. The van der Waals surface area contributed by atoms with E-state index >= 15 is 0 Å². The fraction of sp³-hybridized carbons (Fsp3) is 0.611. The third kappa shape index (κ3) is 3.69. The van der Waals surface area contributed by atoms with Crippen molar-refractivity contribution in [3.05, 3.63) is 35.4 Å². The van der Waals surface area contributed by atoms with Crippen molar-refractivity contribution in [1.29, 1.82) is 0 Å². The van der Waals surface area contributed by atoms with E-state index in [1.165, 1.54) is 18.4 Å². The highest BCUT2D eigenvalue weighted by Gasteiger charge is 2.28. The summed E-state index contributed by atoms with van der Waals surface area (Å²) in [5, 5.41) is 0. The topological polar surface area (TPSA) is 26.3 Å². The van der Waals surface area contributed by atoms with Gasteiger partial charge in [0, 0.05) is 6.42 Å². The lowest BCUT2D eigenvalue weighted by Crippen LogP contribution is -2.25. The molecule has 0 N–H and O–H groups in total. The van der Waals surface area contributed by atoms with E-state index in [2.05, 4.69) is 19.9 Å². The highest BCUT2D eigenvalue weighted by molar-refractivity contribution is 5.85. The predicted octanol–water partition coefficient (Wildman–Crippen LogP) is 4.48. The van der Waals surface area contributed by atoms with Crippen molar-refractivity contribution >= 4 is 5.78 Å². The van der Waals surface area contributed by atoms with Gasteiger partial charge in [-0.2, -0.15) is 0 Å². The van der Waals surface area contributed by atoms with Gasteiger partial charge in [-0.3, -0.25) is 4.79 Å². The van der Waals surface area contributed by atoms with Crippen molar-refractivity contribution in [1.82, 2.24) is 0 Å². The zero-order chi connectivity index (χ0) is 14.4. The Balaban J connectivity index is 2.03. The Morgan fingerprint density at radius 3 is 2.90 bits per heavy atom. The normalized spacial score (nSPS) is 19.4. The summed E-state index contributed by atoms with van der Waals surface area (Å²) < 4.78 is 5.77. The molecule has 1 aliphatic heterocycles. The SMILES string of the molecule is CCCCC(CC)CC(=O)C1OCCc2ccccc21. The van der Waals surface area contributed by atoms with Crippen LogP contribution in [0.2, 0.25) is 0 Å². The molecule has 1 heterocycles. The Hall–Kier alpha value is -1.15. The molecule has 0 amide bonds. The van der Waals surface area contributed by atoms with Crippen LogP contribution in [0.4, 0.5) is 0 Å². The highest BCUT2D eigenvalue weighted by atomic mass is 16.5. The van der Waals surface area contributed by atoms with Crippen LogP contribution in [0.1, 0.15) is 63.2 Å². The summed E-state index contributed by atoms with van der Waals surface area (Å²) in [6, 6.07) is 8.21. The molecule has 0 saturated carbocycles. The summed E-state index contributed by atoms with van der Waals surface area (Å²) in [4.78, 5) is 12.6. The predicted molar refractivity (Wildman–Crippen MR) is 81.8 cm³/mol. The molecule has 1 aliphatic rings. The molecule has 2 nitrogen and oxygen atoms in total. The summed E-state index contributed by atoms with van der Waals surface area (Å²) >= 11 is 0. The molecular weight excluding hydrogens is 248 g/mol. The Morgan fingerprint density at radius 2 is 2.15 bits per heavy atom. The zero-order valence-corrected chi connectivity index (χ0v) is 12.7. The third-order valence-corrected chi connectivity index (χ3v) is 4.32. The Labute approximate surface area is 122 Å². The second-order valence-electron chi connectivity index (χ2n) is 5.79. The molecule has 0 saturated heterocycles. The molecule has 1 aromatic carbocycles. The maximum absolute atomic E-state index is 12.6. The summed E-state index contributed by atoms with van der Waals surface area (Å²) in [5.74, 6) is 0.778. The number of benzene rings is 1. The largest absolute Gasteiger partial charge is 0.365 e. The average molecular weight is 274 g/mol. The molecule has 0 radical (unpaired) electrons. The highest BCUT2D eigenvalue weighted by Crippen LogP contribution is 2.30. The standard InChI is InChI=1S/C18H26O2/c1-3-5-8-14(4-2)13-17(19)18-16-10-7-6-9-15(16)11-12-20-18/h6-7,9-10,14,18H,3-5,8,11-13H2,1-2H3. The van der Waals surface area contributed by atoms with Crippen LogP contribution in [-0.2, 0) is 16.0 Å². The third-order valence-electron chi connectivity index (χ3n) is 4.32. The van der Waals surface area contributed by atoms with Crippen LogP contribution in [0.25, 0.3) is 0 Å². The van der Waals surface area contributed by atoms with E-state index in [0.29, 0.717) is 18.9 Å². The minimum atomic E-state index is -0.323. The Kier molecular flexibility index (Phi) is 5.78. The number of Topliss-reactive ketones (excluding diaryl/α,β-unsaturated/α-hetero) is 1. The molecule has 0 fully saturated rings. The lowest BCUT2D eigenvalue weighted by Gasteiger charge is -2.26. The number of rotatable bonds is 7. The molecule has 20 heavy (non-hydrogen) atoms. The minimum Gasteiger partial charge on any atom is -0.365 e. The summed E-state index contributed by atoms with van der Waals surface area (Å²) in [5.41, 5.74) is 2.37. The van der Waals surface area contributed by atoms with E-state index < -0.39 is 0 Å². The van der Waals surface area contributed by atoms with Crippen LogP contribution < -0.4 is 0 Å². The monoisotopic (exact) mass is 274 g/mol. The first-order valence-electron chi connectivity index (χ1n) is 7.98. The number of carbonyl (C=O) groups is 1. The van der Waals surface area contributed by atoms with Gasteiger partial charge >= 0.3 is 0 Å². The first-order valence-corrected chi connectivity index (χ1v) is 7.98. The number of carbonyl (C=O) groups excluding carboxylic acids is 1. The van der Waals surface area contributed by atoms with Crippen molar-refractivity contribution in [2.45, 2.75) is 58.5 Å². The van der Waals surface area contributed by atoms with E-state index in [-0.39, 0.29) is 11.9 Å². The van der Waals surface area contributed by atoms with Crippen LogP contribution in [0, 0.1) is 5.92 Å². The van der Waals surface area contributed by atoms with E-state index in [9.17, 15) is 4.79 Å². The van der Waals surface area contributed by atoms with Crippen LogP contribution in [0.15, 0.2) is 24.3 Å². The molecule has 0 bridgehead atoms. The van der Waals surface area contributed by atoms with Gasteiger partial charge in [0.25, 0.3) is 0 Å². The molecule has 2 rings (SSSR count). The van der Waals surface area contributed by atoms with Gasteiger partial charge in [0.15, 0.2) is 5.78 Å². The summed E-state index contributed by atoms with van der Waals surface area (Å²) in [7, 11) is 0. The number of ketones is 1. The number of unbranched alkanes of at least 4 members (excludes halogenated alkanes) is 1. The Bertz CT molecular complexity index is 439. The second-order valence-corrected chi connectivity index (χ2v) is 5.79. The second kappa shape index (κ2) is 7.58. The maximum atomic E-state index is 12.6. The molecule has 2 atom stereocenters. The van der Waals surface area contributed by atoms with Gasteiger partial charge in [0.1, 0.15) is 6.10 Å². The van der Waals surface area contributed by atoms with E-state index in [1.54, 1.807) is 0 Å². The first-order chi connectivity index (χ1) is 9.76. The van der Waals surface area contributed by atoms with E-state index in [4.69, 9.17) is 4.74 Å². The molecule has 1 aromatic rings. The van der Waals surface area contributed by atoms with Gasteiger partial charge in [0.05, 0.1) is 6.61 Å². The minimum absolute atomic E-state index is 0.264. The van der Waals surface area contributed by atoms with Gasteiger partial charge in [-0.25, -0.2) is 0 Å². The van der Waals surface area contributed by atoms with E-state index in [0.717, 1.165) is 24.8 Å². The van der Waals surface area contributed by atoms with Gasteiger partial charge in [0.2, 0.25) is 0 Å². The molecule has 0 aromatic heterocycles. The number of hydrogen-bond donors (Lipinski definition) is 0. The maximum Gasteiger partial charge on any atom is 0.166 e. The van der Waals surface area contributed by atoms with Crippen molar-refractivity contribution in [3.63, 3.8) is 0 Å². The van der Waals surface area contributed by atoms with Crippen LogP contribution >= 0.6 is 0 Å². The lowest BCUT2D eigenvalue weighted by molar-refractivity contribution is -0.132. The molecule has 2 heteroatoms. The van der Waals surface area contributed by atoms with Gasteiger partial charge in [-0.1, -0.05) is 63.8 Å². The quantitative estimate of drug-likeness (QED) is 0.733. The molecule has 0 spiro atoms. The van der Waals surface area contributed by atoms with Crippen molar-refractivity contribution in [3.8, 4) is 0 Å². The molecule has 110 valence electrons. The fourth-order valence-corrected chi connectivity index (χ4v) is 3.00. The van der Waals surface area contributed by atoms with Crippen molar-refractivity contribution < 1.29 is 9.53 Å². The van der Waals surface area contributed by atoms with Crippen molar-refractivity contribution in [2.24, 2.45) is 5.92 Å². The number of ether oxygens (including phenoxy) is 1. The van der Waals surface area contributed by atoms with Crippen molar-refractivity contribution in [2.75, 3.05) is 6.61 Å². The molecular formula is C18H26O2. The Morgan fingerprint density at radius 1 is 1.35 bits per heavy atom. The first kappa shape index (κ1) is 15.2. The van der Waals surface area contributed by atoms with Gasteiger partial charge in [-0.15, -0.1) is 0 Å². The molecule has 2 unspecified atom stereocenters. The fourth-order valence-electron chi connectivity index (χ4n) is 3.00. The van der Waals surface area contributed by atoms with Crippen LogP contribution in [0.3, 0.4) is 0 Å². The average Bonchev–Trinajstić information content (AvgIpc) is 2.50. The zero-order valence-electron chi connectivity index (χ0n) is 12.7. The number of hydrogen-bond acceptors (Lipinski definition) is 2. The van der Waals surface area contributed by atoms with Gasteiger partial charge < -0.3 is 4.74 Å². The smallest absolute Gasteiger partial charge is 0.166 e. The van der Waals surface area contributed by atoms with Crippen LogP contribution in [-0.4, -0.2) is 12.4 Å². The lowest BCUT2D eigenvalue weighted by atomic mass is 9.88. The number of fused-ring (bicyclic) bond motifs is 1. The van der Waals surface area contributed by atoms with Gasteiger partial charge in [-0.05, 0) is 23.5 Å². The van der Waals surface area contributed by atoms with E-state index in [1.807, 2.05) is 18.2 Å². The summed E-state index contributed by atoms with van der Waals surface area (Å²) in [6.07, 6.45) is 5.92. The molecule has 0 aliphatic carbocycles.